The van der Waals surface area contributed by atoms with Crippen molar-refractivity contribution >= 4 is 34.2 Å². The SMILES string of the molecule is CCCNC(c1cccc(I)c1)c1ccc(OC)cc1Cl. The van der Waals surface area contributed by atoms with Gasteiger partial charge in [-0.05, 0) is 70.9 Å². The summed E-state index contributed by atoms with van der Waals surface area (Å²) in [5.74, 6) is 0.778. The van der Waals surface area contributed by atoms with Gasteiger partial charge in [0.05, 0.1) is 13.2 Å². The third-order valence-corrected chi connectivity index (χ3v) is 4.30. The zero-order valence-corrected chi connectivity index (χ0v) is 15.1. The average Bonchev–Trinajstić information content (AvgIpc) is 2.49. The minimum absolute atomic E-state index is 0.0954. The largest absolute Gasteiger partial charge is 0.497 e. The van der Waals surface area contributed by atoms with Gasteiger partial charge in [-0.1, -0.05) is 36.7 Å². The number of rotatable bonds is 6. The highest BCUT2D eigenvalue weighted by atomic mass is 127. The van der Waals surface area contributed by atoms with Crippen LogP contribution >= 0.6 is 34.2 Å². The third-order valence-electron chi connectivity index (χ3n) is 3.30. The summed E-state index contributed by atoms with van der Waals surface area (Å²) in [5.41, 5.74) is 2.30. The maximum absolute atomic E-state index is 6.45. The van der Waals surface area contributed by atoms with E-state index in [9.17, 15) is 0 Å². The molecule has 4 heteroatoms. The molecule has 1 N–H and O–H groups in total. The van der Waals surface area contributed by atoms with Crippen LogP contribution in [0.15, 0.2) is 42.5 Å². The molecule has 2 rings (SSSR count). The normalized spacial score (nSPS) is 12.2. The van der Waals surface area contributed by atoms with Gasteiger partial charge in [0.25, 0.3) is 0 Å². The summed E-state index contributed by atoms with van der Waals surface area (Å²) >= 11 is 8.78. The molecule has 0 aliphatic heterocycles. The third kappa shape index (κ3) is 4.34. The molecule has 0 saturated heterocycles. The Morgan fingerprint density at radius 3 is 2.67 bits per heavy atom. The van der Waals surface area contributed by atoms with Crippen molar-refractivity contribution in [1.29, 1.82) is 0 Å². The predicted octanol–water partition coefficient (Wildman–Crippen LogP) is 5.04. The van der Waals surface area contributed by atoms with Crippen LogP contribution in [0.2, 0.25) is 5.02 Å². The first-order valence-electron chi connectivity index (χ1n) is 6.98. The fourth-order valence-corrected chi connectivity index (χ4v) is 3.10. The lowest BCUT2D eigenvalue weighted by Gasteiger charge is -2.21. The molecule has 21 heavy (non-hydrogen) atoms. The highest BCUT2D eigenvalue weighted by Crippen LogP contribution is 2.31. The molecule has 0 amide bonds. The first kappa shape index (κ1) is 16.6. The molecule has 0 heterocycles. The van der Waals surface area contributed by atoms with Crippen molar-refractivity contribution < 1.29 is 4.74 Å². The Hall–Kier alpha value is -0.780. The van der Waals surface area contributed by atoms with E-state index in [-0.39, 0.29) is 6.04 Å². The molecule has 0 bridgehead atoms. The molecule has 112 valence electrons. The molecule has 1 unspecified atom stereocenters. The van der Waals surface area contributed by atoms with Gasteiger partial charge in [0.15, 0.2) is 0 Å². The van der Waals surface area contributed by atoms with Crippen LogP contribution in [-0.2, 0) is 0 Å². The molecule has 0 aromatic heterocycles. The molecule has 1 atom stereocenters. The van der Waals surface area contributed by atoms with Gasteiger partial charge in [-0.2, -0.15) is 0 Å². The molecular weight excluding hydrogens is 397 g/mol. The van der Waals surface area contributed by atoms with E-state index >= 15 is 0 Å². The van der Waals surface area contributed by atoms with E-state index in [1.54, 1.807) is 7.11 Å². The lowest BCUT2D eigenvalue weighted by atomic mass is 9.98. The monoisotopic (exact) mass is 415 g/mol. The number of hydrogen-bond donors (Lipinski definition) is 1. The molecule has 0 spiro atoms. The molecule has 2 aromatic rings. The van der Waals surface area contributed by atoms with Crippen LogP contribution in [0, 0.1) is 3.57 Å². The van der Waals surface area contributed by atoms with Gasteiger partial charge >= 0.3 is 0 Å². The first-order valence-corrected chi connectivity index (χ1v) is 8.43. The number of ether oxygens (including phenoxy) is 1. The summed E-state index contributed by atoms with van der Waals surface area (Å²) in [6.45, 7) is 3.10. The second kappa shape index (κ2) is 8.01. The van der Waals surface area contributed by atoms with E-state index in [1.807, 2.05) is 18.2 Å². The molecule has 2 nitrogen and oxygen atoms in total. The van der Waals surface area contributed by atoms with Crippen LogP contribution in [-0.4, -0.2) is 13.7 Å². The Bertz CT molecular complexity index is 603. The Labute approximate surface area is 145 Å². The van der Waals surface area contributed by atoms with E-state index in [2.05, 4.69) is 59.1 Å². The van der Waals surface area contributed by atoms with Gasteiger partial charge in [0.1, 0.15) is 5.75 Å². The number of benzene rings is 2. The maximum atomic E-state index is 6.45. The van der Waals surface area contributed by atoms with E-state index in [4.69, 9.17) is 16.3 Å². The van der Waals surface area contributed by atoms with E-state index in [1.165, 1.54) is 9.13 Å². The number of halogens is 2. The second-order valence-electron chi connectivity index (χ2n) is 4.83. The minimum atomic E-state index is 0.0954. The van der Waals surface area contributed by atoms with E-state index in [0.717, 1.165) is 29.3 Å². The highest BCUT2D eigenvalue weighted by Gasteiger charge is 2.17. The fourth-order valence-electron chi connectivity index (χ4n) is 2.25. The van der Waals surface area contributed by atoms with Crippen LogP contribution in [0.5, 0.6) is 5.75 Å². The summed E-state index contributed by atoms with van der Waals surface area (Å²) in [6, 6.07) is 14.4. The number of nitrogens with one attached hydrogen (secondary N) is 1. The quantitative estimate of drug-likeness (QED) is 0.667. The molecule has 0 aliphatic carbocycles. The summed E-state index contributed by atoms with van der Waals surface area (Å²) in [7, 11) is 1.65. The number of methoxy groups -OCH3 is 1. The Kier molecular flexibility index (Phi) is 6.33. The molecular formula is C17H19ClINO. The van der Waals surface area contributed by atoms with Gasteiger partial charge < -0.3 is 10.1 Å². The van der Waals surface area contributed by atoms with Gasteiger partial charge in [-0.3, -0.25) is 0 Å². The Balaban J connectivity index is 2.40. The van der Waals surface area contributed by atoms with Gasteiger partial charge in [0, 0.05) is 8.59 Å². The van der Waals surface area contributed by atoms with Gasteiger partial charge in [-0.25, -0.2) is 0 Å². The second-order valence-corrected chi connectivity index (χ2v) is 6.48. The van der Waals surface area contributed by atoms with Crippen LogP contribution in [0.25, 0.3) is 0 Å². The van der Waals surface area contributed by atoms with Crippen LogP contribution < -0.4 is 10.1 Å². The predicted molar refractivity (Wildman–Crippen MR) is 97.3 cm³/mol. The number of hydrogen-bond acceptors (Lipinski definition) is 2. The Morgan fingerprint density at radius 1 is 1.24 bits per heavy atom. The zero-order chi connectivity index (χ0) is 15.2. The topological polar surface area (TPSA) is 21.3 Å². The molecule has 0 fully saturated rings. The Morgan fingerprint density at radius 2 is 2.05 bits per heavy atom. The lowest BCUT2D eigenvalue weighted by molar-refractivity contribution is 0.414. The molecule has 2 aromatic carbocycles. The fraction of sp³-hybridized carbons (Fsp3) is 0.294. The van der Waals surface area contributed by atoms with Gasteiger partial charge in [-0.15, -0.1) is 0 Å². The minimum Gasteiger partial charge on any atom is -0.497 e. The van der Waals surface area contributed by atoms with E-state index < -0.39 is 0 Å². The van der Waals surface area contributed by atoms with Gasteiger partial charge in [0.2, 0.25) is 0 Å². The van der Waals surface area contributed by atoms with Crippen molar-refractivity contribution in [3.63, 3.8) is 0 Å². The van der Waals surface area contributed by atoms with Crippen molar-refractivity contribution in [3.05, 3.63) is 62.2 Å². The van der Waals surface area contributed by atoms with Crippen LogP contribution in [0.3, 0.4) is 0 Å². The summed E-state index contributed by atoms with van der Waals surface area (Å²) in [5, 5.41) is 4.30. The standard InChI is InChI=1S/C17H19ClINO/c1-3-9-20-17(12-5-4-6-13(19)10-12)15-8-7-14(21-2)11-16(15)18/h4-8,10-11,17,20H,3,9H2,1-2H3. The maximum Gasteiger partial charge on any atom is 0.120 e. The summed E-state index contributed by atoms with van der Waals surface area (Å²) in [6.07, 6.45) is 1.08. The summed E-state index contributed by atoms with van der Waals surface area (Å²) in [4.78, 5) is 0. The summed E-state index contributed by atoms with van der Waals surface area (Å²) < 4.78 is 6.45. The van der Waals surface area contributed by atoms with Crippen molar-refractivity contribution in [3.8, 4) is 5.75 Å². The van der Waals surface area contributed by atoms with Crippen molar-refractivity contribution in [2.24, 2.45) is 0 Å². The zero-order valence-electron chi connectivity index (χ0n) is 12.2. The van der Waals surface area contributed by atoms with Crippen LogP contribution in [0.1, 0.15) is 30.5 Å². The van der Waals surface area contributed by atoms with Crippen LogP contribution in [0.4, 0.5) is 0 Å². The highest BCUT2D eigenvalue weighted by molar-refractivity contribution is 14.1. The molecule has 0 saturated carbocycles. The average molecular weight is 416 g/mol. The first-order chi connectivity index (χ1) is 10.2. The van der Waals surface area contributed by atoms with E-state index in [0.29, 0.717) is 0 Å². The lowest BCUT2D eigenvalue weighted by Crippen LogP contribution is -2.23. The molecule has 0 radical (unpaired) electrons. The van der Waals surface area contributed by atoms with Crippen molar-refractivity contribution in [1.82, 2.24) is 5.32 Å². The smallest absolute Gasteiger partial charge is 0.120 e. The molecule has 0 aliphatic rings. The van der Waals surface area contributed by atoms with Crippen molar-refractivity contribution in [2.45, 2.75) is 19.4 Å². The van der Waals surface area contributed by atoms with Crippen molar-refractivity contribution in [2.75, 3.05) is 13.7 Å².